The molecular formula is C15H21N3. The highest BCUT2D eigenvalue weighted by Gasteiger charge is 2.29. The second-order valence-electron chi connectivity index (χ2n) is 5.31. The van der Waals surface area contributed by atoms with Crippen LogP contribution in [0.25, 0.3) is 0 Å². The first-order valence-electron chi connectivity index (χ1n) is 7.00. The molecule has 1 N–H and O–H groups in total. The zero-order valence-corrected chi connectivity index (χ0v) is 11.2. The Labute approximate surface area is 109 Å². The van der Waals surface area contributed by atoms with Crippen molar-refractivity contribution in [2.24, 2.45) is 15.9 Å². The van der Waals surface area contributed by atoms with Crippen LogP contribution in [-0.2, 0) is 0 Å². The van der Waals surface area contributed by atoms with Crippen LogP contribution in [0.4, 0.5) is 0 Å². The highest BCUT2D eigenvalue weighted by atomic mass is 15.0. The Hall–Kier alpha value is -1.22. The van der Waals surface area contributed by atoms with Crippen LogP contribution < -0.4 is 5.32 Å². The van der Waals surface area contributed by atoms with Gasteiger partial charge in [0.2, 0.25) is 0 Å². The molecule has 0 radical (unpaired) electrons. The standard InChI is InChI=1S/C15H21N3/c1-3-12-9-17-15(18-12)11-4-6-13-10(8-11)5-7-14(13)16-2/h4,6,11,14,16H,3,5,7-9H2,1-2H3. The molecule has 2 atom stereocenters. The molecule has 0 bridgehead atoms. The van der Waals surface area contributed by atoms with Gasteiger partial charge in [0.05, 0.1) is 6.54 Å². The molecule has 3 aliphatic rings. The number of aliphatic imine (C=N–C) groups is 2. The number of amidine groups is 1. The average molecular weight is 243 g/mol. The van der Waals surface area contributed by atoms with Crippen molar-refractivity contribution in [1.29, 1.82) is 0 Å². The van der Waals surface area contributed by atoms with E-state index in [2.05, 4.69) is 41.4 Å². The van der Waals surface area contributed by atoms with Crippen LogP contribution in [0.15, 0.2) is 33.3 Å². The smallest absolute Gasteiger partial charge is 0.130 e. The Morgan fingerprint density at radius 3 is 3.06 bits per heavy atom. The molecule has 3 heteroatoms. The monoisotopic (exact) mass is 243 g/mol. The molecule has 3 nitrogen and oxygen atoms in total. The minimum atomic E-state index is 0.420. The number of nitrogens with zero attached hydrogens (tertiary/aromatic N) is 2. The van der Waals surface area contributed by atoms with E-state index in [1.54, 1.807) is 5.57 Å². The highest BCUT2D eigenvalue weighted by molar-refractivity contribution is 6.05. The summed E-state index contributed by atoms with van der Waals surface area (Å²) in [6, 6.07) is 0.567. The number of hydrogen-bond donors (Lipinski definition) is 1. The number of hydrogen-bond acceptors (Lipinski definition) is 3. The van der Waals surface area contributed by atoms with E-state index < -0.39 is 0 Å². The van der Waals surface area contributed by atoms with Gasteiger partial charge in [-0.25, -0.2) is 4.99 Å². The SMILES string of the molecule is CCC1=NC(C2C=CC3=C(CCC3NC)C2)=NC1. The summed E-state index contributed by atoms with van der Waals surface area (Å²) in [4.78, 5) is 9.25. The van der Waals surface area contributed by atoms with Crippen molar-refractivity contribution in [3.63, 3.8) is 0 Å². The van der Waals surface area contributed by atoms with Crippen molar-refractivity contribution >= 4 is 11.5 Å². The van der Waals surface area contributed by atoms with Crippen molar-refractivity contribution in [1.82, 2.24) is 5.32 Å². The maximum Gasteiger partial charge on any atom is 0.130 e. The second-order valence-corrected chi connectivity index (χ2v) is 5.31. The van der Waals surface area contributed by atoms with Gasteiger partial charge in [-0.15, -0.1) is 0 Å². The summed E-state index contributed by atoms with van der Waals surface area (Å²) in [5, 5.41) is 3.40. The second kappa shape index (κ2) is 4.81. The fourth-order valence-corrected chi connectivity index (χ4v) is 3.15. The van der Waals surface area contributed by atoms with Crippen molar-refractivity contribution < 1.29 is 0 Å². The largest absolute Gasteiger partial charge is 0.313 e. The Balaban J connectivity index is 1.74. The Bertz CT molecular complexity index is 468. The van der Waals surface area contributed by atoms with E-state index in [1.807, 2.05) is 0 Å². The quantitative estimate of drug-likeness (QED) is 0.812. The van der Waals surface area contributed by atoms with Crippen molar-refractivity contribution in [2.75, 3.05) is 13.6 Å². The lowest BCUT2D eigenvalue weighted by Gasteiger charge is -2.19. The Morgan fingerprint density at radius 2 is 2.33 bits per heavy atom. The summed E-state index contributed by atoms with van der Waals surface area (Å²) in [6.45, 7) is 2.98. The highest BCUT2D eigenvalue weighted by Crippen LogP contribution is 2.36. The van der Waals surface area contributed by atoms with Gasteiger partial charge in [-0.05, 0) is 38.3 Å². The molecule has 0 spiro atoms. The number of likely N-dealkylation sites (N-methyl/N-ethyl adjacent to an activating group) is 1. The van der Waals surface area contributed by atoms with Crippen molar-refractivity contribution in [3.05, 3.63) is 23.3 Å². The molecule has 2 aliphatic carbocycles. The first-order valence-corrected chi connectivity index (χ1v) is 7.00. The van der Waals surface area contributed by atoms with Gasteiger partial charge in [0.1, 0.15) is 5.84 Å². The van der Waals surface area contributed by atoms with Gasteiger partial charge >= 0.3 is 0 Å². The molecule has 0 aromatic heterocycles. The summed E-state index contributed by atoms with van der Waals surface area (Å²) in [7, 11) is 2.05. The zero-order valence-electron chi connectivity index (χ0n) is 11.2. The van der Waals surface area contributed by atoms with Crippen LogP contribution in [0.1, 0.15) is 32.6 Å². The summed E-state index contributed by atoms with van der Waals surface area (Å²) in [5.74, 6) is 1.48. The summed E-state index contributed by atoms with van der Waals surface area (Å²) in [6.07, 6.45) is 9.24. The van der Waals surface area contributed by atoms with Crippen LogP contribution in [-0.4, -0.2) is 31.2 Å². The summed E-state index contributed by atoms with van der Waals surface area (Å²) < 4.78 is 0. The summed E-state index contributed by atoms with van der Waals surface area (Å²) >= 11 is 0. The van der Waals surface area contributed by atoms with E-state index in [0.717, 1.165) is 25.2 Å². The fourth-order valence-electron chi connectivity index (χ4n) is 3.15. The topological polar surface area (TPSA) is 36.8 Å². The molecule has 1 aliphatic heterocycles. The van der Waals surface area contributed by atoms with E-state index in [-0.39, 0.29) is 0 Å². The Morgan fingerprint density at radius 1 is 1.44 bits per heavy atom. The molecule has 0 saturated heterocycles. The molecule has 1 heterocycles. The van der Waals surface area contributed by atoms with Crippen LogP contribution >= 0.6 is 0 Å². The predicted octanol–water partition coefficient (Wildman–Crippen LogP) is 2.50. The van der Waals surface area contributed by atoms with Crippen LogP contribution in [0, 0.1) is 5.92 Å². The average Bonchev–Trinajstić information content (AvgIpc) is 3.04. The predicted molar refractivity (Wildman–Crippen MR) is 76.4 cm³/mol. The molecule has 0 aromatic rings. The molecule has 0 saturated carbocycles. The van der Waals surface area contributed by atoms with Crippen LogP contribution in [0.2, 0.25) is 0 Å². The van der Waals surface area contributed by atoms with E-state index in [9.17, 15) is 0 Å². The molecule has 96 valence electrons. The van der Waals surface area contributed by atoms with Crippen molar-refractivity contribution in [2.45, 2.75) is 38.6 Å². The molecule has 18 heavy (non-hydrogen) atoms. The van der Waals surface area contributed by atoms with E-state index in [4.69, 9.17) is 0 Å². The number of nitrogens with one attached hydrogen (secondary N) is 1. The molecule has 2 unspecified atom stereocenters. The minimum absolute atomic E-state index is 0.420. The van der Waals surface area contributed by atoms with Gasteiger partial charge in [-0.1, -0.05) is 24.6 Å². The molecule has 0 fully saturated rings. The lowest BCUT2D eigenvalue weighted by Crippen LogP contribution is -2.24. The van der Waals surface area contributed by atoms with Crippen LogP contribution in [0.3, 0.4) is 0 Å². The number of rotatable bonds is 3. The van der Waals surface area contributed by atoms with Crippen molar-refractivity contribution in [3.8, 4) is 0 Å². The van der Waals surface area contributed by atoms with Gasteiger partial charge in [0.15, 0.2) is 0 Å². The van der Waals surface area contributed by atoms with Gasteiger partial charge in [-0.3, -0.25) is 4.99 Å². The normalized spacial score (nSPS) is 30.6. The van der Waals surface area contributed by atoms with E-state index >= 15 is 0 Å². The Kier molecular flexibility index (Phi) is 3.16. The third kappa shape index (κ3) is 1.97. The minimum Gasteiger partial charge on any atom is -0.313 e. The lowest BCUT2D eigenvalue weighted by atomic mass is 9.89. The molecular weight excluding hydrogens is 222 g/mol. The first-order chi connectivity index (χ1) is 8.81. The third-order valence-electron chi connectivity index (χ3n) is 4.28. The molecule has 3 rings (SSSR count). The van der Waals surface area contributed by atoms with Gasteiger partial charge in [-0.2, -0.15) is 0 Å². The fraction of sp³-hybridized carbons (Fsp3) is 0.600. The molecule has 0 amide bonds. The zero-order chi connectivity index (χ0) is 12.5. The van der Waals surface area contributed by atoms with Gasteiger partial charge in [0.25, 0.3) is 0 Å². The maximum atomic E-state index is 4.66. The number of allylic oxidation sites excluding steroid dienone is 1. The van der Waals surface area contributed by atoms with E-state index in [0.29, 0.717) is 12.0 Å². The summed E-state index contributed by atoms with van der Waals surface area (Å²) in [5.41, 5.74) is 4.37. The lowest BCUT2D eigenvalue weighted by molar-refractivity contribution is 0.635. The maximum absolute atomic E-state index is 4.66. The van der Waals surface area contributed by atoms with Gasteiger partial charge < -0.3 is 5.32 Å². The molecule has 0 aromatic carbocycles. The first kappa shape index (κ1) is 11.8. The van der Waals surface area contributed by atoms with Gasteiger partial charge in [0, 0.05) is 17.7 Å². The van der Waals surface area contributed by atoms with Crippen LogP contribution in [0.5, 0.6) is 0 Å². The van der Waals surface area contributed by atoms with E-state index in [1.165, 1.54) is 24.1 Å². The third-order valence-corrected chi connectivity index (χ3v) is 4.28.